The third kappa shape index (κ3) is 9.45. The molecule has 0 aliphatic heterocycles. The van der Waals surface area contributed by atoms with E-state index in [4.69, 9.17) is 5.11 Å². The Morgan fingerprint density at radius 3 is 2.09 bits per heavy atom. The molecule has 1 saturated carbocycles. The molecule has 0 saturated heterocycles. The van der Waals surface area contributed by atoms with Crippen LogP contribution in [-0.2, 0) is 4.79 Å². The average Bonchev–Trinajstić information content (AvgIpc) is 2.49. The van der Waals surface area contributed by atoms with Gasteiger partial charge in [0, 0.05) is 0 Å². The Labute approximate surface area is 136 Å². The summed E-state index contributed by atoms with van der Waals surface area (Å²) in [5.74, 6) is 0.996. The van der Waals surface area contributed by atoms with E-state index < -0.39 is 12.1 Å². The molecule has 0 spiro atoms. The molecule has 0 aromatic carbocycles. The summed E-state index contributed by atoms with van der Waals surface area (Å²) >= 11 is 0. The van der Waals surface area contributed by atoms with E-state index in [2.05, 4.69) is 6.92 Å². The number of aliphatic carboxylic acids is 1. The van der Waals surface area contributed by atoms with Crippen LogP contribution in [0.15, 0.2) is 0 Å². The minimum Gasteiger partial charge on any atom is -0.481 e. The van der Waals surface area contributed by atoms with Crippen LogP contribution in [0.1, 0.15) is 96.8 Å². The predicted octanol–water partition coefficient (Wildman–Crippen LogP) is 5.16. The Kier molecular flexibility index (Phi) is 10.6. The first-order valence-electron chi connectivity index (χ1n) is 9.49. The lowest BCUT2D eigenvalue weighted by Crippen LogP contribution is -2.15. The molecule has 3 heteroatoms. The standard InChI is InChI=1S/C19H36O3/c1-16(17-12-8-6-9-13-17)11-7-4-2-3-5-10-14-18(20)15-19(21)22/h16-18,20H,2-15H2,1H3,(H,21,22). The van der Waals surface area contributed by atoms with Crippen LogP contribution in [0.4, 0.5) is 0 Å². The summed E-state index contributed by atoms with van der Waals surface area (Å²) < 4.78 is 0. The fourth-order valence-electron chi connectivity index (χ4n) is 3.80. The number of carboxylic acids is 1. The van der Waals surface area contributed by atoms with E-state index in [1.807, 2.05) is 0 Å². The quantitative estimate of drug-likeness (QED) is 0.489. The van der Waals surface area contributed by atoms with E-state index >= 15 is 0 Å². The molecule has 0 heterocycles. The summed E-state index contributed by atoms with van der Waals surface area (Å²) in [5.41, 5.74) is 0. The van der Waals surface area contributed by atoms with E-state index in [1.54, 1.807) is 0 Å². The Morgan fingerprint density at radius 2 is 1.50 bits per heavy atom. The number of hydrogen-bond donors (Lipinski definition) is 2. The lowest BCUT2D eigenvalue weighted by molar-refractivity contribution is -0.139. The Hall–Kier alpha value is -0.570. The Morgan fingerprint density at radius 1 is 0.955 bits per heavy atom. The van der Waals surface area contributed by atoms with Crippen molar-refractivity contribution in [2.45, 2.75) is 103 Å². The highest BCUT2D eigenvalue weighted by Crippen LogP contribution is 2.32. The van der Waals surface area contributed by atoms with Gasteiger partial charge in [-0.1, -0.05) is 84.0 Å². The molecule has 2 N–H and O–H groups in total. The fourth-order valence-corrected chi connectivity index (χ4v) is 3.80. The summed E-state index contributed by atoms with van der Waals surface area (Å²) in [6, 6.07) is 0. The molecule has 1 aliphatic rings. The maximum Gasteiger partial charge on any atom is 0.305 e. The minimum absolute atomic E-state index is 0.112. The largest absolute Gasteiger partial charge is 0.481 e. The normalized spacial score (nSPS) is 19.0. The highest BCUT2D eigenvalue weighted by Gasteiger charge is 2.19. The van der Waals surface area contributed by atoms with Crippen molar-refractivity contribution in [3.63, 3.8) is 0 Å². The van der Waals surface area contributed by atoms with Crippen molar-refractivity contribution in [2.75, 3.05) is 0 Å². The fraction of sp³-hybridized carbons (Fsp3) is 0.947. The zero-order chi connectivity index (χ0) is 16.2. The number of rotatable bonds is 12. The third-order valence-corrected chi connectivity index (χ3v) is 5.31. The van der Waals surface area contributed by atoms with Crippen LogP contribution in [0.3, 0.4) is 0 Å². The lowest BCUT2D eigenvalue weighted by Gasteiger charge is -2.27. The first-order valence-corrected chi connectivity index (χ1v) is 9.49. The number of aliphatic hydroxyl groups is 1. The molecule has 130 valence electrons. The van der Waals surface area contributed by atoms with Crippen molar-refractivity contribution in [2.24, 2.45) is 11.8 Å². The summed E-state index contributed by atoms with van der Waals surface area (Å²) in [6.45, 7) is 2.44. The molecule has 0 amide bonds. The number of carboxylic acid groups (broad SMARTS) is 1. The zero-order valence-corrected chi connectivity index (χ0v) is 14.4. The second-order valence-corrected chi connectivity index (χ2v) is 7.33. The number of carbonyl (C=O) groups is 1. The zero-order valence-electron chi connectivity index (χ0n) is 14.4. The van der Waals surface area contributed by atoms with Gasteiger partial charge >= 0.3 is 5.97 Å². The first-order chi connectivity index (χ1) is 10.6. The van der Waals surface area contributed by atoms with E-state index in [9.17, 15) is 9.90 Å². The van der Waals surface area contributed by atoms with Crippen LogP contribution in [0, 0.1) is 11.8 Å². The van der Waals surface area contributed by atoms with Crippen LogP contribution in [-0.4, -0.2) is 22.3 Å². The van der Waals surface area contributed by atoms with E-state index in [0.717, 1.165) is 24.7 Å². The van der Waals surface area contributed by atoms with Gasteiger partial charge in [0.15, 0.2) is 0 Å². The van der Waals surface area contributed by atoms with Gasteiger partial charge in [-0.25, -0.2) is 0 Å². The smallest absolute Gasteiger partial charge is 0.305 e. The van der Waals surface area contributed by atoms with Crippen molar-refractivity contribution in [1.29, 1.82) is 0 Å². The molecule has 0 bridgehead atoms. The van der Waals surface area contributed by atoms with Crippen LogP contribution in [0.5, 0.6) is 0 Å². The van der Waals surface area contributed by atoms with Crippen molar-refractivity contribution in [1.82, 2.24) is 0 Å². The number of unbranched alkanes of at least 4 members (excludes halogenated alkanes) is 5. The molecule has 1 aliphatic carbocycles. The number of aliphatic hydroxyl groups excluding tert-OH is 1. The lowest BCUT2D eigenvalue weighted by atomic mass is 9.79. The van der Waals surface area contributed by atoms with E-state index in [0.29, 0.717) is 6.42 Å². The first kappa shape index (κ1) is 19.5. The molecule has 0 aromatic heterocycles. The molecule has 22 heavy (non-hydrogen) atoms. The molecule has 3 nitrogen and oxygen atoms in total. The second-order valence-electron chi connectivity index (χ2n) is 7.33. The monoisotopic (exact) mass is 312 g/mol. The van der Waals surface area contributed by atoms with Gasteiger partial charge < -0.3 is 10.2 Å². The molecule has 2 unspecified atom stereocenters. The number of hydrogen-bond acceptors (Lipinski definition) is 2. The highest BCUT2D eigenvalue weighted by atomic mass is 16.4. The Balaban J connectivity index is 1.87. The summed E-state index contributed by atoms with van der Waals surface area (Å²) in [5, 5.41) is 18.0. The van der Waals surface area contributed by atoms with Crippen LogP contribution >= 0.6 is 0 Å². The van der Waals surface area contributed by atoms with Gasteiger partial charge in [0.2, 0.25) is 0 Å². The highest BCUT2D eigenvalue weighted by molar-refractivity contribution is 5.67. The third-order valence-electron chi connectivity index (χ3n) is 5.31. The SMILES string of the molecule is CC(CCCCCCCCC(O)CC(=O)O)C1CCCCC1. The van der Waals surface area contributed by atoms with Crippen LogP contribution in [0.25, 0.3) is 0 Å². The molecular formula is C19H36O3. The minimum atomic E-state index is -0.903. The summed E-state index contributed by atoms with van der Waals surface area (Å²) in [4.78, 5) is 10.4. The van der Waals surface area contributed by atoms with Crippen molar-refractivity contribution in [3.05, 3.63) is 0 Å². The average molecular weight is 312 g/mol. The van der Waals surface area contributed by atoms with Crippen LogP contribution < -0.4 is 0 Å². The van der Waals surface area contributed by atoms with Gasteiger partial charge in [0.1, 0.15) is 0 Å². The topological polar surface area (TPSA) is 57.5 Å². The van der Waals surface area contributed by atoms with Crippen LogP contribution in [0.2, 0.25) is 0 Å². The van der Waals surface area contributed by atoms with Gasteiger partial charge in [-0.05, 0) is 18.3 Å². The van der Waals surface area contributed by atoms with Gasteiger partial charge in [0.25, 0.3) is 0 Å². The summed E-state index contributed by atoms with van der Waals surface area (Å²) in [7, 11) is 0. The predicted molar refractivity (Wildman–Crippen MR) is 90.9 cm³/mol. The van der Waals surface area contributed by atoms with Gasteiger partial charge in [-0.15, -0.1) is 0 Å². The maximum atomic E-state index is 10.4. The van der Waals surface area contributed by atoms with E-state index in [-0.39, 0.29) is 6.42 Å². The van der Waals surface area contributed by atoms with Crippen molar-refractivity contribution >= 4 is 5.97 Å². The van der Waals surface area contributed by atoms with Gasteiger partial charge in [0.05, 0.1) is 12.5 Å². The molecule has 0 radical (unpaired) electrons. The Bertz CT molecular complexity index is 284. The van der Waals surface area contributed by atoms with E-state index in [1.165, 1.54) is 64.2 Å². The van der Waals surface area contributed by atoms with Gasteiger partial charge in [-0.3, -0.25) is 4.79 Å². The molecule has 0 aromatic rings. The van der Waals surface area contributed by atoms with Gasteiger partial charge in [-0.2, -0.15) is 0 Å². The second kappa shape index (κ2) is 11.9. The molecule has 1 fully saturated rings. The summed E-state index contributed by atoms with van der Waals surface area (Å²) in [6.07, 6.45) is 15.8. The molecule has 2 atom stereocenters. The van der Waals surface area contributed by atoms with Crippen molar-refractivity contribution < 1.29 is 15.0 Å². The van der Waals surface area contributed by atoms with Crippen molar-refractivity contribution in [3.8, 4) is 0 Å². The maximum absolute atomic E-state index is 10.4. The molecule has 1 rings (SSSR count). The molecular weight excluding hydrogens is 276 g/mol.